The smallest absolute Gasteiger partial charge is 0.163 e. The fraction of sp³-hybridized carbons (Fsp3) is 0.412. The second kappa shape index (κ2) is 6.06. The minimum absolute atomic E-state index is 0.282. The van der Waals surface area contributed by atoms with Crippen LogP contribution in [0.4, 0.5) is 0 Å². The first-order chi connectivity index (χ1) is 11.8. The van der Waals surface area contributed by atoms with Crippen LogP contribution in [0, 0.1) is 17.2 Å². The molecule has 2 unspecified atom stereocenters. The van der Waals surface area contributed by atoms with E-state index < -0.39 is 6.10 Å². The highest BCUT2D eigenvalue weighted by molar-refractivity contribution is 5.89. The van der Waals surface area contributed by atoms with Gasteiger partial charge in [-0.05, 0) is 24.8 Å². The van der Waals surface area contributed by atoms with Crippen LogP contribution >= 0.6 is 0 Å². The maximum atomic E-state index is 10.2. The van der Waals surface area contributed by atoms with Gasteiger partial charge in [-0.1, -0.05) is 12.8 Å². The number of aliphatic hydroxyl groups excluding tert-OH is 1. The van der Waals surface area contributed by atoms with Crippen LogP contribution in [0.3, 0.4) is 0 Å². The molecule has 1 aliphatic rings. The van der Waals surface area contributed by atoms with Gasteiger partial charge < -0.3 is 10.1 Å². The number of fused-ring (bicyclic) bond motifs is 1. The normalized spacial score (nSPS) is 17.8. The number of aromatic nitrogens is 5. The lowest BCUT2D eigenvalue weighted by Gasteiger charge is -2.24. The van der Waals surface area contributed by atoms with Gasteiger partial charge in [-0.2, -0.15) is 10.4 Å². The second-order valence-electron chi connectivity index (χ2n) is 6.28. The summed E-state index contributed by atoms with van der Waals surface area (Å²) in [6.45, 7) is 0. The molecule has 0 amide bonds. The molecule has 0 aliphatic heterocycles. The quantitative estimate of drug-likeness (QED) is 0.718. The zero-order chi connectivity index (χ0) is 16.5. The highest BCUT2D eigenvalue weighted by Gasteiger charge is 2.33. The number of nitrogens with zero attached hydrogens (tertiary/aromatic N) is 5. The number of hydrogen-bond donors (Lipinski definition) is 2. The Bertz CT molecular complexity index is 886. The SMILES string of the molecule is N#CC(O)C(C1CCCC1)n1cc(-c2ncnc3[nH]ccc23)cn1. The van der Waals surface area contributed by atoms with E-state index >= 15 is 0 Å². The monoisotopic (exact) mass is 322 g/mol. The molecule has 3 aromatic heterocycles. The molecule has 24 heavy (non-hydrogen) atoms. The van der Waals surface area contributed by atoms with Gasteiger partial charge >= 0.3 is 0 Å². The molecule has 0 bridgehead atoms. The molecule has 0 aromatic carbocycles. The number of aliphatic hydroxyl groups is 1. The van der Waals surface area contributed by atoms with Gasteiger partial charge in [-0.25, -0.2) is 9.97 Å². The van der Waals surface area contributed by atoms with Crippen LogP contribution in [0.25, 0.3) is 22.3 Å². The van der Waals surface area contributed by atoms with Crippen LogP contribution in [-0.2, 0) is 0 Å². The van der Waals surface area contributed by atoms with E-state index in [1.54, 1.807) is 10.9 Å². The van der Waals surface area contributed by atoms with Crippen molar-refractivity contribution in [2.24, 2.45) is 5.92 Å². The van der Waals surface area contributed by atoms with Crippen molar-refractivity contribution in [3.05, 3.63) is 31.0 Å². The minimum atomic E-state index is -1.06. The molecule has 0 saturated heterocycles. The van der Waals surface area contributed by atoms with E-state index in [1.807, 2.05) is 24.5 Å². The average molecular weight is 322 g/mol. The first kappa shape index (κ1) is 14.8. The van der Waals surface area contributed by atoms with Gasteiger partial charge in [0.05, 0.1) is 24.0 Å². The number of nitriles is 1. The third-order valence-electron chi connectivity index (χ3n) is 4.87. The van der Waals surface area contributed by atoms with Gasteiger partial charge in [-0.3, -0.25) is 4.68 Å². The summed E-state index contributed by atoms with van der Waals surface area (Å²) in [6.07, 6.45) is 10.2. The summed E-state index contributed by atoms with van der Waals surface area (Å²) in [5, 5.41) is 24.8. The van der Waals surface area contributed by atoms with E-state index in [-0.39, 0.29) is 12.0 Å². The van der Waals surface area contributed by atoms with E-state index in [9.17, 15) is 10.4 Å². The summed E-state index contributed by atoms with van der Waals surface area (Å²) in [5.74, 6) is 0.282. The summed E-state index contributed by atoms with van der Waals surface area (Å²) in [4.78, 5) is 11.6. The van der Waals surface area contributed by atoms with Crippen LogP contribution in [-0.4, -0.2) is 35.9 Å². The molecule has 1 saturated carbocycles. The fourth-order valence-corrected chi connectivity index (χ4v) is 3.72. The first-order valence-electron chi connectivity index (χ1n) is 8.18. The molecular weight excluding hydrogens is 304 g/mol. The molecule has 3 aromatic rings. The zero-order valence-electron chi connectivity index (χ0n) is 13.1. The Morgan fingerprint density at radius 2 is 2.17 bits per heavy atom. The molecule has 122 valence electrons. The van der Waals surface area contributed by atoms with Crippen molar-refractivity contribution in [3.63, 3.8) is 0 Å². The second-order valence-corrected chi connectivity index (χ2v) is 6.28. The Hall–Kier alpha value is -2.72. The van der Waals surface area contributed by atoms with Crippen molar-refractivity contribution in [3.8, 4) is 17.3 Å². The summed E-state index contributed by atoms with van der Waals surface area (Å²) in [5.41, 5.74) is 2.43. The third-order valence-corrected chi connectivity index (χ3v) is 4.87. The highest BCUT2D eigenvalue weighted by Crippen LogP contribution is 2.36. The largest absolute Gasteiger partial charge is 0.376 e. The van der Waals surface area contributed by atoms with Gasteiger partial charge in [0.15, 0.2) is 6.10 Å². The van der Waals surface area contributed by atoms with E-state index in [2.05, 4.69) is 20.1 Å². The Kier molecular flexibility index (Phi) is 3.75. The molecule has 7 nitrogen and oxygen atoms in total. The zero-order valence-corrected chi connectivity index (χ0v) is 13.1. The van der Waals surface area contributed by atoms with E-state index in [0.717, 1.165) is 48.0 Å². The molecule has 0 spiro atoms. The van der Waals surface area contributed by atoms with Gasteiger partial charge in [-0.15, -0.1) is 0 Å². The molecule has 2 atom stereocenters. The molecule has 1 aliphatic carbocycles. The Morgan fingerprint density at radius 3 is 2.96 bits per heavy atom. The average Bonchev–Trinajstić information content (AvgIpc) is 3.35. The van der Waals surface area contributed by atoms with Crippen LogP contribution in [0.1, 0.15) is 31.7 Å². The third kappa shape index (κ3) is 2.45. The van der Waals surface area contributed by atoms with Crippen molar-refractivity contribution < 1.29 is 5.11 Å². The predicted octanol–water partition coefficient (Wildman–Crippen LogP) is 2.44. The van der Waals surface area contributed by atoms with Crippen LogP contribution in [0.5, 0.6) is 0 Å². The maximum Gasteiger partial charge on any atom is 0.163 e. The van der Waals surface area contributed by atoms with Crippen LogP contribution in [0.2, 0.25) is 0 Å². The molecule has 3 heterocycles. The minimum Gasteiger partial charge on any atom is -0.376 e. The summed E-state index contributed by atoms with van der Waals surface area (Å²) in [7, 11) is 0. The Labute approximate surface area is 139 Å². The topological polar surface area (TPSA) is 103 Å². The number of H-pyrrole nitrogens is 1. The van der Waals surface area contributed by atoms with Crippen molar-refractivity contribution in [1.29, 1.82) is 5.26 Å². The van der Waals surface area contributed by atoms with Gasteiger partial charge in [0.1, 0.15) is 12.0 Å². The van der Waals surface area contributed by atoms with E-state index in [0.29, 0.717) is 0 Å². The standard InChI is InChI=1S/C17H18N6O/c18-7-14(24)16(11-3-1-2-4-11)23-9-12(8-22-23)15-13-5-6-19-17(13)21-10-20-15/h5-6,8-11,14,16,24H,1-4H2,(H,19,20,21). The molecule has 7 heteroatoms. The van der Waals surface area contributed by atoms with Crippen molar-refractivity contribution >= 4 is 11.0 Å². The lowest BCUT2D eigenvalue weighted by atomic mass is 9.94. The summed E-state index contributed by atoms with van der Waals surface area (Å²) < 4.78 is 1.74. The number of hydrogen-bond acceptors (Lipinski definition) is 5. The number of nitrogens with one attached hydrogen (secondary N) is 1. The molecular formula is C17H18N6O. The van der Waals surface area contributed by atoms with E-state index in [1.165, 1.54) is 6.33 Å². The first-order valence-corrected chi connectivity index (χ1v) is 8.18. The lowest BCUT2D eigenvalue weighted by Crippen LogP contribution is -2.29. The molecule has 4 rings (SSSR count). The van der Waals surface area contributed by atoms with Crippen molar-refractivity contribution in [2.45, 2.75) is 37.8 Å². The molecule has 1 fully saturated rings. The Balaban J connectivity index is 1.73. The van der Waals surface area contributed by atoms with Crippen LogP contribution in [0.15, 0.2) is 31.0 Å². The molecule has 0 radical (unpaired) electrons. The summed E-state index contributed by atoms with van der Waals surface area (Å²) >= 11 is 0. The lowest BCUT2D eigenvalue weighted by molar-refractivity contribution is 0.115. The van der Waals surface area contributed by atoms with Gasteiger partial charge in [0.25, 0.3) is 0 Å². The highest BCUT2D eigenvalue weighted by atomic mass is 16.3. The number of rotatable bonds is 4. The molecule has 2 N–H and O–H groups in total. The van der Waals surface area contributed by atoms with Gasteiger partial charge in [0, 0.05) is 23.3 Å². The fourth-order valence-electron chi connectivity index (χ4n) is 3.72. The van der Waals surface area contributed by atoms with Gasteiger partial charge in [0.2, 0.25) is 0 Å². The maximum absolute atomic E-state index is 10.2. The van der Waals surface area contributed by atoms with E-state index in [4.69, 9.17) is 0 Å². The predicted molar refractivity (Wildman–Crippen MR) is 87.7 cm³/mol. The van der Waals surface area contributed by atoms with Crippen molar-refractivity contribution in [1.82, 2.24) is 24.7 Å². The summed E-state index contributed by atoms with van der Waals surface area (Å²) in [6, 6.07) is 3.60. The van der Waals surface area contributed by atoms with Crippen LogP contribution < -0.4 is 0 Å². The number of aromatic amines is 1. The Morgan fingerprint density at radius 1 is 1.33 bits per heavy atom. The van der Waals surface area contributed by atoms with Crippen molar-refractivity contribution in [2.75, 3.05) is 0 Å².